The third kappa shape index (κ3) is 6.40. The summed E-state index contributed by atoms with van der Waals surface area (Å²) in [6, 6.07) is 63.3. The third-order valence-corrected chi connectivity index (χ3v) is 11.6. The van der Waals surface area contributed by atoms with E-state index in [1.165, 1.54) is 128 Å². The van der Waals surface area contributed by atoms with Crippen molar-refractivity contribution in [1.29, 1.82) is 0 Å². The van der Waals surface area contributed by atoms with Crippen LogP contribution in [0.25, 0.3) is 98.0 Å². The fourth-order valence-electron chi connectivity index (χ4n) is 8.79. The first-order valence-electron chi connectivity index (χ1n) is 19.9. The fraction of sp³-hybridized carbons (Fsp3) is 0.143. The maximum absolute atomic E-state index is 2.43. The largest absolute Gasteiger partial charge is 0.0776 e. The number of aryl methyl sites for hydroxylation is 2. The summed E-state index contributed by atoms with van der Waals surface area (Å²) < 4.78 is 0. The molecule has 0 unspecified atom stereocenters. The molecule has 0 aliphatic heterocycles. The Morgan fingerprint density at radius 2 is 0.839 bits per heavy atom. The highest BCUT2D eigenvalue weighted by Crippen LogP contribution is 2.47. The summed E-state index contributed by atoms with van der Waals surface area (Å²) in [5.74, 6) is 0. The number of hydrogen-bond acceptors (Lipinski definition) is 0. The van der Waals surface area contributed by atoms with Crippen LogP contribution in [0.4, 0.5) is 0 Å². The van der Waals surface area contributed by atoms with Gasteiger partial charge in [0, 0.05) is 0 Å². The van der Waals surface area contributed by atoms with Gasteiger partial charge in [0.25, 0.3) is 0 Å². The lowest BCUT2D eigenvalue weighted by Crippen LogP contribution is -1.93. The topological polar surface area (TPSA) is 0 Å². The van der Waals surface area contributed by atoms with Crippen LogP contribution in [-0.2, 0) is 0 Å². The molecule has 0 heteroatoms. The molecule has 10 aromatic carbocycles. The molecule has 0 aromatic heterocycles. The fourth-order valence-corrected chi connectivity index (χ4v) is 8.79. The normalized spacial score (nSPS) is 11.3. The molecule has 10 rings (SSSR count). The first-order chi connectivity index (χ1) is 27.0. The van der Waals surface area contributed by atoms with Crippen LogP contribution in [0.15, 0.2) is 170 Å². The van der Waals surface area contributed by atoms with Gasteiger partial charge in [-0.25, -0.2) is 0 Å². The minimum atomic E-state index is 0. The average molecular weight is 723 g/mol. The molecule has 0 saturated heterocycles. The molecule has 0 aliphatic rings. The second-order valence-corrected chi connectivity index (χ2v) is 15.1. The second-order valence-electron chi connectivity index (χ2n) is 15.1. The maximum atomic E-state index is 2.43. The maximum Gasteiger partial charge on any atom is -0.00201 e. The average Bonchev–Trinajstić information content (AvgIpc) is 3.22. The van der Waals surface area contributed by atoms with E-state index in [1.54, 1.807) is 0 Å². The van der Waals surface area contributed by atoms with Gasteiger partial charge in [0.05, 0.1) is 0 Å². The van der Waals surface area contributed by atoms with Crippen LogP contribution in [0, 0.1) is 13.8 Å². The molecular weight excluding hydrogens is 673 g/mol. The van der Waals surface area contributed by atoms with Gasteiger partial charge < -0.3 is 0 Å². The Labute approximate surface area is 332 Å². The molecule has 10 aromatic rings. The van der Waals surface area contributed by atoms with E-state index in [4.69, 9.17) is 0 Å². The Kier molecular flexibility index (Phi) is 10.2. The molecule has 0 N–H and O–H groups in total. The molecular formula is C56H50. The van der Waals surface area contributed by atoms with Crippen molar-refractivity contribution in [2.45, 2.75) is 54.4 Å². The number of benzene rings is 10. The minimum Gasteiger partial charge on any atom is -0.0776 e. The molecule has 0 amide bonds. The summed E-state index contributed by atoms with van der Waals surface area (Å²) in [6.07, 6.45) is 4.08. The highest BCUT2D eigenvalue weighted by molar-refractivity contribution is 6.25. The second kappa shape index (κ2) is 15.5. The Morgan fingerprint density at radius 3 is 1.45 bits per heavy atom. The Morgan fingerprint density at radius 1 is 0.321 bits per heavy atom. The van der Waals surface area contributed by atoms with Crippen molar-refractivity contribution in [3.8, 4) is 33.4 Å². The van der Waals surface area contributed by atoms with Crippen molar-refractivity contribution >= 4 is 64.6 Å². The van der Waals surface area contributed by atoms with Crippen LogP contribution < -0.4 is 0 Å². The summed E-state index contributed by atoms with van der Waals surface area (Å²) in [5.41, 5.74) is 10.3. The van der Waals surface area contributed by atoms with Gasteiger partial charge >= 0.3 is 0 Å². The molecule has 0 heterocycles. The van der Waals surface area contributed by atoms with Crippen molar-refractivity contribution in [1.82, 2.24) is 0 Å². The van der Waals surface area contributed by atoms with Crippen LogP contribution in [0.2, 0.25) is 0 Å². The van der Waals surface area contributed by atoms with Crippen LogP contribution in [0.3, 0.4) is 0 Å². The van der Waals surface area contributed by atoms with Crippen molar-refractivity contribution in [3.05, 3.63) is 181 Å². The third-order valence-electron chi connectivity index (χ3n) is 11.6. The van der Waals surface area contributed by atoms with Gasteiger partial charge in [0.2, 0.25) is 0 Å². The van der Waals surface area contributed by atoms with E-state index in [1.807, 2.05) is 0 Å². The Balaban J connectivity index is 0.000000694. The standard InChI is InChI=1S/C50H34.C5H12.CH4/c1-31-22-23-38(30-46(31)47-28-35-14-5-3-12-33(35)26-32(47)2)49-42-16-7-9-18-44(42)50(45-19-10-8-17-43(45)49)41-21-11-20-39-40(41)25-24-37-27-34-13-4-6-15-36(34)29-48(37)39;1-3-5-4-2;/h3-30H,1-2H3;3-5H2,1-2H3;1H4. The van der Waals surface area contributed by atoms with Gasteiger partial charge in [-0.15, -0.1) is 0 Å². The molecule has 0 saturated carbocycles. The van der Waals surface area contributed by atoms with Gasteiger partial charge in [-0.05, 0) is 147 Å². The van der Waals surface area contributed by atoms with E-state index in [0.29, 0.717) is 0 Å². The number of fused-ring (bicyclic) bond motifs is 7. The number of rotatable bonds is 5. The molecule has 274 valence electrons. The molecule has 0 nitrogen and oxygen atoms in total. The Hall–Kier alpha value is -6.24. The van der Waals surface area contributed by atoms with Gasteiger partial charge in [-0.1, -0.05) is 186 Å². The predicted molar refractivity (Wildman–Crippen MR) is 249 cm³/mol. The van der Waals surface area contributed by atoms with Crippen molar-refractivity contribution in [3.63, 3.8) is 0 Å². The summed E-state index contributed by atoms with van der Waals surface area (Å²) >= 11 is 0. The molecule has 0 radical (unpaired) electrons. The van der Waals surface area contributed by atoms with E-state index in [2.05, 4.69) is 198 Å². The van der Waals surface area contributed by atoms with E-state index < -0.39 is 0 Å². The lowest BCUT2D eigenvalue weighted by atomic mass is 9.83. The predicted octanol–water partition coefficient (Wildman–Crippen LogP) is 17.1. The van der Waals surface area contributed by atoms with Crippen molar-refractivity contribution in [2.75, 3.05) is 0 Å². The van der Waals surface area contributed by atoms with E-state index in [0.717, 1.165) is 0 Å². The van der Waals surface area contributed by atoms with Gasteiger partial charge in [-0.3, -0.25) is 0 Å². The van der Waals surface area contributed by atoms with Gasteiger partial charge in [-0.2, -0.15) is 0 Å². The molecule has 0 atom stereocenters. The summed E-state index contributed by atoms with van der Waals surface area (Å²) in [6.45, 7) is 8.90. The van der Waals surface area contributed by atoms with Gasteiger partial charge in [0.1, 0.15) is 0 Å². The number of hydrogen-bond donors (Lipinski definition) is 0. The van der Waals surface area contributed by atoms with Crippen LogP contribution in [0.1, 0.15) is 51.7 Å². The summed E-state index contributed by atoms with van der Waals surface area (Å²) in [7, 11) is 0. The van der Waals surface area contributed by atoms with Crippen LogP contribution in [0.5, 0.6) is 0 Å². The molecule has 0 aliphatic carbocycles. The van der Waals surface area contributed by atoms with Crippen molar-refractivity contribution < 1.29 is 0 Å². The number of unbranched alkanes of at least 4 members (excludes halogenated alkanes) is 2. The zero-order valence-electron chi connectivity index (χ0n) is 32.3. The molecule has 56 heavy (non-hydrogen) atoms. The van der Waals surface area contributed by atoms with Crippen LogP contribution >= 0.6 is 0 Å². The zero-order chi connectivity index (χ0) is 37.5. The SMILES string of the molecule is C.CCCCC.Cc1ccc(-c2c3ccccc3c(-c3cccc4c3ccc3cc5ccccc5cc34)c3ccccc23)cc1-c1cc2ccccc2cc1C. The van der Waals surface area contributed by atoms with Crippen LogP contribution in [-0.4, -0.2) is 0 Å². The van der Waals surface area contributed by atoms with E-state index in [9.17, 15) is 0 Å². The summed E-state index contributed by atoms with van der Waals surface area (Å²) in [4.78, 5) is 0. The first kappa shape index (κ1) is 36.7. The van der Waals surface area contributed by atoms with E-state index >= 15 is 0 Å². The monoisotopic (exact) mass is 722 g/mol. The smallest absolute Gasteiger partial charge is 0.00201 e. The lowest BCUT2D eigenvalue weighted by Gasteiger charge is -2.20. The molecule has 0 spiro atoms. The van der Waals surface area contributed by atoms with Gasteiger partial charge in [0.15, 0.2) is 0 Å². The highest BCUT2D eigenvalue weighted by Gasteiger charge is 2.19. The Bertz CT molecular complexity index is 2990. The zero-order valence-corrected chi connectivity index (χ0v) is 32.3. The first-order valence-corrected chi connectivity index (χ1v) is 19.9. The minimum absolute atomic E-state index is 0. The lowest BCUT2D eigenvalue weighted by molar-refractivity contribution is 0.772. The molecule has 0 bridgehead atoms. The molecule has 0 fully saturated rings. The quantitative estimate of drug-likeness (QED) is 0.123. The van der Waals surface area contributed by atoms with E-state index in [-0.39, 0.29) is 7.43 Å². The van der Waals surface area contributed by atoms with Crippen molar-refractivity contribution in [2.24, 2.45) is 0 Å². The highest BCUT2D eigenvalue weighted by atomic mass is 14.2. The summed E-state index contributed by atoms with van der Waals surface area (Å²) in [5, 5.41) is 15.3.